The maximum atomic E-state index is 4.44. The molecule has 0 aliphatic rings. The van der Waals surface area contributed by atoms with E-state index in [1.807, 2.05) is 6.20 Å². The molecule has 1 aromatic rings. The maximum Gasteiger partial charge on any atom is 0.185 e. The Balaban J connectivity index is 2.51. The Morgan fingerprint density at radius 2 is 2.12 bits per heavy atom. The van der Waals surface area contributed by atoms with Crippen LogP contribution in [0.5, 0.6) is 0 Å². The van der Waals surface area contributed by atoms with E-state index in [4.69, 9.17) is 0 Å². The van der Waals surface area contributed by atoms with Crippen LogP contribution in [0.3, 0.4) is 0 Å². The number of hydrogen-bond donors (Lipinski definition) is 1. The highest BCUT2D eigenvalue weighted by molar-refractivity contribution is 7.15. The number of thiazole rings is 1. The summed E-state index contributed by atoms with van der Waals surface area (Å²) in [6.07, 6.45) is 3.14. The Hall–Kier alpha value is -0.610. The fourth-order valence-electron chi connectivity index (χ4n) is 1.34. The van der Waals surface area contributed by atoms with Crippen molar-refractivity contribution < 1.29 is 0 Å². The van der Waals surface area contributed by atoms with Gasteiger partial charge in [0.25, 0.3) is 0 Å². The van der Waals surface area contributed by atoms with Gasteiger partial charge in [0.2, 0.25) is 0 Å². The van der Waals surface area contributed by atoms with E-state index >= 15 is 0 Å². The fraction of sp³-hybridized carbons (Fsp3) is 0.750. The van der Waals surface area contributed by atoms with E-state index in [0.29, 0.717) is 0 Å². The van der Waals surface area contributed by atoms with Gasteiger partial charge in [-0.05, 0) is 27.2 Å². The fourth-order valence-corrected chi connectivity index (χ4v) is 2.18. The van der Waals surface area contributed by atoms with Crippen LogP contribution < -0.4 is 10.2 Å². The second-order valence-electron chi connectivity index (χ2n) is 5.13. The molecule has 92 valence electrons. The van der Waals surface area contributed by atoms with Gasteiger partial charge in [-0.2, -0.15) is 0 Å². The predicted octanol–water partition coefficient (Wildman–Crippen LogP) is 2.88. The van der Waals surface area contributed by atoms with Gasteiger partial charge in [0.05, 0.1) is 0 Å². The minimum atomic E-state index is 0.166. The van der Waals surface area contributed by atoms with Crippen molar-refractivity contribution in [2.45, 2.75) is 46.2 Å². The molecule has 1 N–H and O–H groups in total. The van der Waals surface area contributed by atoms with Gasteiger partial charge in [-0.1, -0.05) is 6.92 Å². The van der Waals surface area contributed by atoms with Crippen molar-refractivity contribution >= 4 is 16.5 Å². The molecule has 0 radical (unpaired) electrons. The molecule has 0 fully saturated rings. The normalized spacial score (nSPS) is 11.8. The largest absolute Gasteiger partial charge is 0.351 e. The molecule has 0 aliphatic heterocycles. The summed E-state index contributed by atoms with van der Waals surface area (Å²) >= 11 is 1.77. The topological polar surface area (TPSA) is 28.2 Å². The molecule has 0 aromatic carbocycles. The molecule has 0 spiro atoms. The van der Waals surface area contributed by atoms with Gasteiger partial charge in [-0.3, -0.25) is 0 Å². The quantitative estimate of drug-likeness (QED) is 0.859. The van der Waals surface area contributed by atoms with Gasteiger partial charge >= 0.3 is 0 Å². The molecule has 0 aliphatic carbocycles. The summed E-state index contributed by atoms with van der Waals surface area (Å²) in [6.45, 7) is 10.7. The van der Waals surface area contributed by atoms with Crippen molar-refractivity contribution in [1.29, 1.82) is 0 Å². The molecule has 1 rings (SSSR count). The summed E-state index contributed by atoms with van der Waals surface area (Å²) in [5.74, 6) is 0. The maximum absolute atomic E-state index is 4.44. The number of rotatable bonds is 5. The van der Waals surface area contributed by atoms with Crippen LogP contribution in [0.4, 0.5) is 5.13 Å². The van der Waals surface area contributed by atoms with E-state index < -0.39 is 0 Å². The number of anilines is 1. The zero-order valence-electron chi connectivity index (χ0n) is 11.0. The molecular weight excluding hydrogens is 218 g/mol. The lowest BCUT2D eigenvalue weighted by Gasteiger charge is -2.19. The Labute approximate surface area is 103 Å². The Morgan fingerprint density at radius 3 is 2.69 bits per heavy atom. The molecule has 0 saturated heterocycles. The van der Waals surface area contributed by atoms with Crippen molar-refractivity contribution in [1.82, 2.24) is 10.3 Å². The van der Waals surface area contributed by atoms with Gasteiger partial charge in [-0.15, -0.1) is 11.3 Å². The summed E-state index contributed by atoms with van der Waals surface area (Å²) in [5.41, 5.74) is 0.166. The highest BCUT2D eigenvalue weighted by Gasteiger charge is 2.11. The van der Waals surface area contributed by atoms with Gasteiger partial charge < -0.3 is 10.2 Å². The van der Waals surface area contributed by atoms with E-state index in [0.717, 1.165) is 24.6 Å². The lowest BCUT2D eigenvalue weighted by atomic mass is 10.1. The molecule has 1 aromatic heterocycles. The minimum Gasteiger partial charge on any atom is -0.351 e. The molecule has 4 heteroatoms. The van der Waals surface area contributed by atoms with Gasteiger partial charge in [0, 0.05) is 36.8 Å². The van der Waals surface area contributed by atoms with Crippen LogP contribution in [0, 0.1) is 0 Å². The summed E-state index contributed by atoms with van der Waals surface area (Å²) in [4.78, 5) is 7.95. The van der Waals surface area contributed by atoms with Crippen LogP contribution in [0.2, 0.25) is 0 Å². The molecule has 0 amide bonds. The highest BCUT2D eigenvalue weighted by atomic mass is 32.1. The van der Waals surface area contributed by atoms with Crippen LogP contribution in [-0.4, -0.2) is 24.1 Å². The molecule has 0 atom stereocenters. The number of aromatic nitrogens is 1. The van der Waals surface area contributed by atoms with Crippen molar-refractivity contribution in [3.63, 3.8) is 0 Å². The van der Waals surface area contributed by atoms with Crippen LogP contribution in [0.1, 0.15) is 39.0 Å². The number of nitrogens with zero attached hydrogens (tertiary/aromatic N) is 2. The van der Waals surface area contributed by atoms with Crippen molar-refractivity contribution in [3.8, 4) is 0 Å². The van der Waals surface area contributed by atoms with Crippen LogP contribution in [-0.2, 0) is 6.54 Å². The molecule has 0 unspecified atom stereocenters. The second-order valence-corrected chi connectivity index (χ2v) is 6.23. The van der Waals surface area contributed by atoms with E-state index in [-0.39, 0.29) is 5.54 Å². The summed E-state index contributed by atoms with van der Waals surface area (Å²) < 4.78 is 0. The average Bonchev–Trinajstić information content (AvgIpc) is 2.62. The Morgan fingerprint density at radius 1 is 1.44 bits per heavy atom. The lowest BCUT2D eigenvalue weighted by molar-refractivity contribution is 0.426. The standard InChI is InChI=1S/C12H23N3S/c1-6-7-15(5)11-13-8-10(16-11)9-14-12(2,3)4/h8,14H,6-7,9H2,1-5H3. The second kappa shape index (κ2) is 5.64. The first-order valence-electron chi connectivity index (χ1n) is 5.83. The first-order valence-corrected chi connectivity index (χ1v) is 6.65. The monoisotopic (exact) mass is 241 g/mol. The third-order valence-corrected chi connectivity index (χ3v) is 3.33. The predicted molar refractivity (Wildman–Crippen MR) is 72.3 cm³/mol. The van der Waals surface area contributed by atoms with E-state index in [9.17, 15) is 0 Å². The van der Waals surface area contributed by atoms with Crippen molar-refractivity contribution in [3.05, 3.63) is 11.1 Å². The zero-order chi connectivity index (χ0) is 12.2. The molecule has 0 saturated carbocycles. The summed E-state index contributed by atoms with van der Waals surface area (Å²) in [7, 11) is 2.10. The Kier molecular flexibility index (Phi) is 4.74. The van der Waals surface area contributed by atoms with Gasteiger partial charge in [0.1, 0.15) is 0 Å². The number of hydrogen-bond acceptors (Lipinski definition) is 4. The summed E-state index contributed by atoms with van der Waals surface area (Å²) in [5, 5.41) is 4.59. The molecule has 16 heavy (non-hydrogen) atoms. The lowest BCUT2D eigenvalue weighted by Crippen LogP contribution is -2.34. The highest BCUT2D eigenvalue weighted by Crippen LogP contribution is 2.21. The van der Waals surface area contributed by atoms with E-state index in [1.54, 1.807) is 11.3 Å². The molecule has 1 heterocycles. The van der Waals surface area contributed by atoms with Crippen LogP contribution in [0.15, 0.2) is 6.20 Å². The molecule has 3 nitrogen and oxygen atoms in total. The zero-order valence-corrected chi connectivity index (χ0v) is 11.8. The average molecular weight is 241 g/mol. The third kappa shape index (κ3) is 4.49. The van der Waals surface area contributed by atoms with Gasteiger partial charge in [0.15, 0.2) is 5.13 Å². The Bertz CT molecular complexity index is 314. The first kappa shape index (κ1) is 13.5. The van der Waals surface area contributed by atoms with E-state index in [2.05, 4.69) is 49.9 Å². The molecular formula is C12H23N3S. The van der Waals surface area contributed by atoms with E-state index in [1.165, 1.54) is 4.88 Å². The van der Waals surface area contributed by atoms with Gasteiger partial charge in [-0.25, -0.2) is 4.98 Å². The third-order valence-electron chi connectivity index (χ3n) is 2.22. The van der Waals surface area contributed by atoms with Crippen LogP contribution >= 0.6 is 11.3 Å². The number of nitrogens with one attached hydrogen (secondary N) is 1. The smallest absolute Gasteiger partial charge is 0.185 e. The summed E-state index contributed by atoms with van der Waals surface area (Å²) in [6, 6.07) is 0. The molecule has 0 bridgehead atoms. The van der Waals surface area contributed by atoms with Crippen molar-refractivity contribution in [2.75, 3.05) is 18.5 Å². The van der Waals surface area contributed by atoms with Crippen molar-refractivity contribution in [2.24, 2.45) is 0 Å². The SMILES string of the molecule is CCCN(C)c1ncc(CNC(C)(C)C)s1. The minimum absolute atomic E-state index is 0.166. The van der Waals surface area contributed by atoms with Crippen LogP contribution in [0.25, 0.3) is 0 Å². The first-order chi connectivity index (χ1) is 7.42.